The summed E-state index contributed by atoms with van der Waals surface area (Å²) >= 11 is 0. The molecule has 21 heavy (non-hydrogen) atoms. The Labute approximate surface area is 127 Å². The fraction of sp³-hybridized carbons (Fsp3) is 0.684. The van der Waals surface area contributed by atoms with Crippen molar-refractivity contribution in [3.05, 3.63) is 35.5 Å². The molecule has 4 aliphatic carbocycles. The number of fused-ring (bicyclic) bond motifs is 5. The molecule has 1 unspecified atom stereocenters. The number of hydrogen-bond acceptors (Lipinski definition) is 2. The van der Waals surface area contributed by atoms with Crippen molar-refractivity contribution in [3.8, 4) is 0 Å². The molecule has 0 bridgehead atoms. The van der Waals surface area contributed by atoms with E-state index in [9.17, 15) is 5.11 Å². The first-order valence-corrected chi connectivity index (χ1v) is 8.50. The van der Waals surface area contributed by atoms with Crippen LogP contribution < -0.4 is 5.73 Å². The van der Waals surface area contributed by atoms with Gasteiger partial charge in [0.1, 0.15) is 0 Å². The SMILES string of the molecule is C[C@]12C=CC(O)C=C1CC[C@@H]1C2=CC[C@]2(C)[C@@H](N)CC[C@@H]12. The molecule has 0 aromatic heterocycles. The van der Waals surface area contributed by atoms with Crippen molar-refractivity contribution in [3.63, 3.8) is 0 Å². The third-order valence-electron chi connectivity index (χ3n) is 7.12. The average Bonchev–Trinajstić information content (AvgIpc) is 2.76. The van der Waals surface area contributed by atoms with Gasteiger partial charge in [0.25, 0.3) is 0 Å². The lowest BCUT2D eigenvalue weighted by molar-refractivity contribution is 0.118. The standard InChI is InChI=1S/C19H27NO/c1-18-9-7-13(21)11-12(18)3-4-14-15-5-6-17(20)19(15,2)10-8-16(14)18/h7-9,11,13-15,17,21H,3-6,10,20H2,1-2H3/t13?,14-,15-,17-,18-,19-/m0/s1. The van der Waals surface area contributed by atoms with Gasteiger partial charge in [-0.15, -0.1) is 0 Å². The molecule has 2 fully saturated rings. The van der Waals surface area contributed by atoms with E-state index in [2.05, 4.69) is 32.1 Å². The summed E-state index contributed by atoms with van der Waals surface area (Å²) in [7, 11) is 0. The first kappa shape index (κ1) is 13.8. The molecule has 2 heteroatoms. The molecule has 2 nitrogen and oxygen atoms in total. The number of aliphatic hydroxyl groups excluding tert-OH is 1. The number of rotatable bonds is 0. The van der Waals surface area contributed by atoms with Gasteiger partial charge in [0.05, 0.1) is 6.10 Å². The normalized spacial score (nSPS) is 51.6. The van der Waals surface area contributed by atoms with E-state index in [1.807, 2.05) is 6.08 Å². The highest BCUT2D eigenvalue weighted by atomic mass is 16.3. The van der Waals surface area contributed by atoms with E-state index in [1.165, 1.54) is 24.8 Å². The topological polar surface area (TPSA) is 46.2 Å². The second kappa shape index (κ2) is 4.33. The molecule has 0 spiro atoms. The average molecular weight is 285 g/mol. The third kappa shape index (κ3) is 1.72. The van der Waals surface area contributed by atoms with Gasteiger partial charge in [-0.25, -0.2) is 0 Å². The molecule has 114 valence electrons. The zero-order valence-corrected chi connectivity index (χ0v) is 13.2. The minimum Gasteiger partial charge on any atom is -0.385 e. The van der Waals surface area contributed by atoms with Gasteiger partial charge in [-0.05, 0) is 56.3 Å². The lowest BCUT2D eigenvalue weighted by Gasteiger charge is -2.52. The van der Waals surface area contributed by atoms with Crippen LogP contribution >= 0.6 is 0 Å². The zero-order valence-electron chi connectivity index (χ0n) is 13.2. The second-order valence-electron chi connectivity index (χ2n) is 8.05. The van der Waals surface area contributed by atoms with E-state index in [0.717, 1.165) is 18.8 Å². The molecule has 0 amide bonds. The molecular weight excluding hydrogens is 258 g/mol. The summed E-state index contributed by atoms with van der Waals surface area (Å²) in [4.78, 5) is 0. The highest BCUT2D eigenvalue weighted by Gasteiger charge is 2.54. The number of hydrogen-bond donors (Lipinski definition) is 2. The van der Waals surface area contributed by atoms with E-state index < -0.39 is 0 Å². The maximum Gasteiger partial charge on any atom is 0.0906 e. The van der Waals surface area contributed by atoms with Gasteiger partial charge in [0, 0.05) is 11.5 Å². The molecule has 0 radical (unpaired) electrons. The van der Waals surface area contributed by atoms with Gasteiger partial charge in [-0.1, -0.05) is 42.4 Å². The molecular formula is C19H27NO. The summed E-state index contributed by atoms with van der Waals surface area (Å²) in [6.07, 6.45) is 14.4. The summed E-state index contributed by atoms with van der Waals surface area (Å²) in [6.45, 7) is 4.76. The molecule has 2 saturated carbocycles. The van der Waals surface area contributed by atoms with Crippen molar-refractivity contribution in [2.45, 2.75) is 58.1 Å². The van der Waals surface area contributed by atoms with Crippen LogP contribution in [-0.4, -0.2) is 17.3 Å². The Kier molecular flexibility index (Phi) is 2.84. The number of aliphatic hydroxyl groups is 1. The van der Waals surface area contributed by atoms with E-state index >= 15 is 0 Å². The van der Waals surface area contributed by atoms with Gasteiger partial charge in [-0.2, -0.15) is 0 Å². The Hall–Kier alpha value is -0.860. The lowest BCUT2D eigenvalue weighted by atomic mass is 9.53. The van der Waals surface area contributed by atoms with Crippen molar-refractivity contribution in [2.24, 2.45) is 28.4 Å². The Morgan fingerprint density at radius 2 is 2.05 bits per heavy atom. The zero-order chi connectivity index (χ0) is 14.8. The highest BCUT2D eigenvalue weighted by Crippen LogP contribution is 2.61. The van der Waals surface area contributed by atoms with Crippen molar-refractivity contribution in [1.29, 1.82) is 0 Å². The molecule has 0 heterocycles. The van der Waals surface area contributed by atoms with Crippen molar-refractivity contribution in [1.82, 2.24) is 0 Å². The summed E-state index contributed by atoms with van der Waals surface area (Å²) in [5.74, 6) is 1.45. The molecule has 3 N–H and O–H groups in total. The van der Waals surface area contributed by atoms with E-state index in [1.54, 1.807) is 5.57 Å². The largest absolute Gasteiger partial charge is 0.385 e. The van der Waals surface area contributed by atoms with Crippen LogP contribution in [0.2, 0.25) is 0 Å². The second-order valence-corrected chi connectivity index (χ2v) is 8.05. The van der Waals surface area contributed by atoms with Gasteiger partial charge in [-0.3, -0.25) is 0 Å². The van der Waals surface area contributed by atoms with Crippen molar-refractivity contribution in [2.75, 3.05) is 0 Å². The molecule has 0 saturated heterocycles. The van der Waals surface area contributed by atoms with Crippen LogP contribution in [0.3, 0.4) is 0 Å². The summed E-state index contributed by atoms with van der Waals surface area (Å²) in [6, 6.07) is 0.369. The molecule has 0 aliphatic heterocycles. The Morgan fingerprint density at radius 3 is 2.86 bits per heavy atom. The molecule has 4 rings (SSSR count). The molecule has 0 aromatic carbocycles. The van der Waals surface area contributed by atoms with Crippen LogP contribution in [0, 0.1) is 22.7 Å². The Balaban J connectivity index is 1.77. The lowest BCUT2D eigenvalue weighted by Crippen LogP contribution is -2.46. The van der Waals surface area contributed by atoms with Crippen LogP contribution in [-0.2, 0) is 0 Å². The Bertz CT molecular complexity index is 560. The quantitative estimate of drug-likeness (QED) is 0.671. The maximum atomic E-state index is 9.89. The first-order chi connectivity index (χ1) is 9.95. The van der Waals surface area contributed by atoms with Crippen LogP contribution in [0.1, 0.15) is 46.0 Å². The summed E-state index contributed by atoms with van der Waals surface area (Å²) in [5, 5.41) is 9.89. The van der Waals surface area contributed by atoms with Crippen LogP contribution in [0.4, 0.5) is 0 Å². The third-order valence-corrected chi connectivity index (χ3v) is 7.12. The van der Waals surface area contributed by atoms with Crippen molar-refractivity contribution >= 4 is 0 Å². The van der Waals surface area contributed by atoms with Crippen LogP contribution in [0.15, 0.2) is 35.5 Å². The predicted octanol–water partition coefficient (Wildman–Crippen LogP) is 3.33. The van der Waals surface area contributed by atoms with Crippen LogP contribution in [0.5, 0.6) is 0 Å². The number of allylic oxidation sites excluding steroid dienone is 4. The monoisotopic (exact) mass is 285 g/mol. The van der Waals surface area contributed by atoms with E-state index in [-0.39, 0.29) is 11.5 Å². The molecule has 6 atom stereocenters. The maximum absolute atomic E-state index is 9.89. The van der Waals surface area contributed by atoms with Gasteiger partial charge in [0.2, 0.25) is 0 Å². The molecule has 0 aromatic rings. The van der Waals surface area contributed by atoms with Crippen LogP contribution in [0.25, 0.3) is 0 Å². The van der Waals surface area contributed by atoms with Gasteiger partial charge >= 0.3 is 0 Å². The van der Waals surface area contributed by atoms with Crippen molar-refractivity contribution < 1.29 is 5.11 Å². The van der Waals surface area contributed by atoms with Gasteiger partial charge in [0.15, 0.2) is 0 Å². The first-order valence-electron chi connectivity index (χ1n) is 8.50. The minimum absolute atomic E-state index is 0.0517. The fourth-order valence-electron chi connectivity index (χ4n) is 5.68. The number of nitrogens with two attached hydrogens (primary N) is 1. The van der Waals surface area contributed by atoms with Gasteiger partial charge < -0.3 is 10.8 Å². The van der Waals surface area contributed by atoms with E-state index in [4.69, 9.17) is 5.73 Å². The Morgan fingerprint density at radius 1 is 1.24 bits per heavy atom. The molecule has 4 aliphatic rings. The summed E-state index contributed by atoms with van der Waals surface area (Å²) in [5.41, 5.74) is 9.83. The smallest absolute Gasteiger partial charge is 0.0906 e. The summed E-state index contributed by atoms with van der Waals surface area (Å²) < 4.78 is 0. The highest BCUT2D eigenvalue weighted by molar-refractivity contribution is 5.44. The predicted molar refractivity (Wildman–Crippen MR) is 85.6 cm³/mol. The fourth-order valence-corrected chi connectivity index (χ4v) is 5.68. The minimum atomic E-state index is -0.390. The van der Waals surface area contributed by atoms with E-state index in [0.29, 0.717) is 17.4 Å².